The van der Waals surface area contributed by atoms with Gasteiger partial charge >= 0.3 is 0 Å². The first kappa shape index (κ1) is 15.6. The van der Waals surface area contributed by atoms with E-state index in [1.165, 1.54) is 0 Å². The van der Waals surface area contributed by atoms with Crippen LogP contribution in [0, 0.1) is 6.92 Å². The van der Waals surface area contributed by atoms with E-state index in [-0.39, 0.29) is 0 Å². The molecule has 2 aromatic rings. The van der Waals surface area contributed by atoms with Crippen molar-refractivity contribution in [3.63, 3.8) is 0 Å². The highest BCUT2D eigenvalue weighted by molar-refractivity contribution is 5.77. The summed E-state index contributed by atoms with van der Waals surface area (Å²) in [5.41, 5.74) is 6.45. The van der Waals surface area contributed by atoms with Crippen LogP contribution in [0.5, 0.6) is 0 Å². The van der Waals surface area contributed by atoms with Gasteiger partial charge < -0.3 is 0 Å². The molecule has 0 aliphatic carbocycles. The number of allylic oxidation sites excluding steroid dienone is 1. The van der Waals surface area contributed by atoms with E-state index in [1.807, 2.05) is 24.3 Å². The van der Waals surface area contributed by atoms with E-state index in [0.29, 0.717) is 6.42 Å². The number of hydrogen-bond acceptors (Lipinski definition) is 2. The van der Waals surface area contributed by atoms with Gasteiger partial charge in [-0.2, -0.15) is 0 Å². The molecule has 0 aliphatic rings. The summed E-state index contributed by atoms with van der Waals surface area (Å²) in [6.45, 7) is 17.4. The van der Waals surface area contributed by atoms with Gasteiger partial charge in [0.15, 0.2) is 0 Å². The van der Waals surface area contributed by atoms with Crippen molar-refractivity contribution >= 4 is 18.2 Å². The molecule has 1 aromatic carbocycles. The van der Waals surface area contributed by atoms with Crippen molar-refractivity contribution < 1.29 is 0 Å². The van der Waals surface area contributed by atoms with Gasteiger partial charge in [0.2, 0.25) is 0 Å². The Kier molecular flexibility index (Phi) is 4.84. The van der Waals surface area contributed by atoms with Crippen molar-refractivity contribution in [1.29, 1.82) is 0 Å². The minimum atomic E-state index is 0.644. The number of aryl methyl sites for hydroxylation is 1. The minimum absolute atomic E-state index is 0.644. The van der Waals surface area contributed by atoms with Crippen LogP contribution in [0.1, 0.15) is 28.2 Å². The molecule has 0 fully saturated rings. The molecule has 0 amide bonds. The largest absolute Gasteiger partial charge is 0.249 e. The van der Waals surface area contributed by atoms with Crippen LogP contribution in [0.15, 0.2) is 50.6 Å². The second kappa shape index (κ2) is 6.81. The lowest BCUT2D eigenvalue weighted by Gasteiger charge is -2.14. The zero-order chi connectivity index (χ0) is 16.1. The van der Waals surface area contributed by atoms with Crippen molar-refractivity contribution in [3.8, 4) is 11.3 Å². The van der Waals surface area contributed by atoms with Gasteiger partial charge in [-0.15, -0.1) is 6.58 Å². The third-order valence-electron chi connectivity index (χ3n) is 3.53. The summed E-state index contributed by atoms with van der Waals surface area (Å²) >= 11 is 0. The maximum Gasteiger partial charge on any atom is 0.0934 e. The number of hydrogen-bond donors (Lipinski definition) is 0. The molecular weight excluding hydrogens is 268 g/mol. The number of benzene rings is 1. The van der Waals surface area contributed by atoms with E-state index in [4.69, 9.17) is 4.98 Å². The normalized spacial score (nSPS) is 10.0. The van der Waals surface area contributed by atoms with Crippen molar-refractivity contribution in [2.24, 2.45) is 0 Å². The fraction of sp³-hybridized carbons (Fsp3) is 0.100. The maximum absolute atomic E-state index is 4.75. The summed E-state index contributed by atoms with van der Waals surface area (Å²) in [4.78, 5) is 9.43. The van der Waals surface area contributed by atoms with Gasteiger partial charge in [-0.1, -0.05) is 50.1 Å². The smallest absolute Gasteiger partial charge is 0.0934 e. The molecule has 0 atom stereocenters. The van der Waals surface area contributed by atoms with Crippen LogP contribution >= 0.6 is 0 Å². The van der Waals surface area contributed by atoms with E-state index < -0.39 is 0 Å². The highest BCUT2D eigenvalue weighted by atomic mass is 14.8. The maximum atomic E-state index is 4.75. The molecule has 0 spiro atoms. The summed E-state index contributed by atoms with van der Waals surface area (Å²) in [7, 11) is 0. The lowest BCUT2D eigenvalue weighted by atomic mass is 9.97. The monoisotopic (exact) mass is 288 g/mol. The summed E-state index contributed by atoms with van der Waals surface area (Å²) in [6, 6.07) is 6.13. The predicted octanol–water partition coefficient (Wildman–Crippen LogP) is 5.11. The van der Waals surface area contributed by atoms with Gasteiger partial charge in [0.1, 0.15) is 0 Å². The average Bonchev–Trinajstić information content (AvgIpc) is 2.54. The van der Waals surface area contributed by atoms with Gasteiger partial charge in [-0.3, -0.25) is 0 Å². The molecule has 0 saturated heterocycles. The van der Waals surface area contributed by atoms with Crippen LogP contribution in [0.25, 0.3) is 29.5 Å². The molecule has 110 valence electrons. The summed E-state index contributed by atoms with van der Waals surface area (Å²) in [5.74, 6) is 0. The number of nitrogens with zero attached hydrogens (tertiary/aromatic N) is 2. The van der Waals surface area contributed by atoms with Gasteiger partial charge in [0, 0.05) is 12.0 Å². The van der Waals surface area contributed by atoms with E-state index >= 15 is 0 Å². The second-order valence-electron chi connectivity index (χ2n) is 4.93. The molecule has 2 nitrogen and oxygen atoms in total. The highest BCUT2D eigenvalue weighted by Crippen LogP contribution is 2.29. The van der Waals surface area contributed by atoms with E-state index in [1.54, 1.807) is 12.2 Å². The van der Waals surface area contributed by atoms with Gasteiger partial charge in [0.25, 0.3) is 0 Å². The molecule has 0 N–H and O–H groups in total. The van der Waals surface area contributed by atoms with Crippen LogP contribution in [-0.4, -0.2) is 9.97 Å². The molecule has 0 unspecified atom stereocenters. The lowest BCUT2D eigenvalue weighted by molar-refractivity contribution is 1.04. The summed E-state index contributed by atoms with van der Waals surface area (Å²) in [5, 5.41) is 0. The number of rotatable bonds is 6. The van der Waals surface area contributed by atoms with Crippen molar-refractivity contribution in [2.75, 3.05) is 0 Å². The summed E-state index contributed by atoms with van der Waals surface area (Å²) in [6.07, 6.45) is 7.74. The number of aromatic nitrogens is 2. The zero-order valence-electron chi connectivity index (χ0n) is 13.0. The molecule has 0 saturated carbocycles. The average molecular weight is 288 g/mol. The van der Waals surface area contributed by atoms with Crippen LogP contribution in [0.4, 0.5) is 0 Å². The van der Waals surface area contributed by atoms with Gasteiger partial charge in [0.05, 0.1) is 22.8 Å². The third kappa shape index (κ3) is 2.82. The van der Waals surface area contributed by atoms with Crippen LogP contribution in [0.2, 0.25) is 0 Å². The topological polar surface area (TPSA) is 25.8 Å². The first-order valence-electron chi connectivity index (χ1n) is 7.15. The Hall–Kier alpha value is -2.74. The van der Waals surface area contributed by atoms with E-state index in [0.717, 1.165) is 39.5 Å². The second-order valence-corrected chi connectivity index (χ2v) is 4.93. The Morgan fingerprint density at radius 2 is 1.64 bits per heavy atom. The zero-order valence-corrected chi connectivity index (χ0v) is 13.0. The van der Waals surface area contributed by atoms with E-state index in [9.17, 15) is 0 Å². The Morgan fingerprint density at radius 3 is 2.23 bits per heavy atom. The molecule has 0 bridgehead atoms. The van der Waals surface area contributed by atoms with Crippen molar-refractivity contribution in [3.05, 3.63) is 78.8 Å². The lowest BCUT2D eigenvalue weighted by Crippen LogP contribution is -2.03. The highest BCUT2D eigenvalue weighted by Gasteiger charge is 2.14. The Morgan fingerprint density at radius 1 is 0.955 bits per heavy atom. The third-order valence-corrected chi connectivity index (χ3v) is 3.53. The first-order valence-corrected chi connectivity index (χ1v) is 7.15. The van der Waals surface area contributed by atoms with Gasteiger partial charge in [-0.25, -0.2) is 9.97 Å². The van der Waals surface area contributed by atoms with Crippen LogP contribution in [0.3, 0.4) is 0 Å². The van der Waals surface area contributed by atoms with Crippen LogP contribution < -0.4 is 0 Å². The Labute approximate surface area is 132 Å². The summed E-state index contributed by atoms with van der Waals surface area (Å²) < 4.78 is 0. The van der Waals surface area contributed by atoms with E-state index in [2.05, 4.69) is 44.3 Å². The molecule has 2 heteroatoms. The van der Waals surface area contributed by atoms with Crippen LogP contribution in [-0.2, 0) is 6.42 Å². The fourth-order valence-corrected chi connectivity index (χ4v) is 2.45. The van der Waals surface area contributed by atoms with Gasteiger partial charge in [-0.05, 0) is 30.2 Å². The molecule has 0 radical (unpaired) electrons. The predicted molar refractivity (Wildman–Crippen MR) is 96.4 cm³/mol. The Bertz CT molecular complexity index is 755. The van der Waals surface area contributed by atoms with Crippen molar-refractivity contribution in [1.82, 2.24) is 9.97 Å². The molecular formula is C20H20N2. The molecule has 1 aromatic heterocycles. The fourth-order valence-electron chi connectivity index (χ4n) is 2.45. The van der Waals surface area contributed by atoms with Crippen molar-refractivity contribution in [2.45, 2.75) is 13.3 Å². The molecule has 0 aliphatic heterocycles. The molecule has 1 heterocycles. The first-order chi connectivity index (χ1) is 10.7. The Balaban J connectivity index is 2.81. The molecule has 2 rings (SSSR count). The SMILES string of the molecule is C=CCc1nc(C=C)c(C=C)nc1-c1cccc(C)c1C=C. The quantitative estimate of drug-likeness (QED) is 0.690. The standard InChI is InChI=1S/C20H20N2/c1-6-11-19-20(22-18(9-4)17(8-3)21-19)16-13-10-12-14(5)15(16)7-2/h6-10,12-13H,1-4,11H2,5H3. The molecule has 22 heavy (non-hydrogen) atoms. The minimum Gasteiger partial charge on any atom is -0.249 e.